The molecule has 0 fully saturated rings. The lowest BCUT2D eigenvalue weighted by atomic mass is 10.3. The number of hydrogen-bond acceptors (Lipinski definition) is 5. The molecule has 122 valence electrons. The van der Waals surface area contributed by atoms with Gasteiger partial charge in [0.1, 0.15) is 0 Å². The molecule has 2 aromatic rings. The Bertz CT molecular complexity index is 791. The van der Waals surface area contributed by atoms with Crippen molar-refractivity contribution in [3.8, 4) is 0 Å². The number of fused-ring (bicyclic) bond motifs is 1. The van der Waals surface area contributed by atoms with E-state index in [-0.39, 0.29) is 10.5 Å². The molecular weight excluding hydrogens is 308 g/mol. The second-order valence-corrected chi connectivity index (χ2v) is 6.61. The van der Waals surface area contributed by atoms with Crippen LogP contribution in [0.3, 0.4) is 0 Å². The van der Waals surface area contributed by atoms with Crippen LogP contribution in [0.25, 0.3) is 11.1 Å². The molecule has 0 saturated heterocycles. The summed E-state index contributed by atoms with van der Waals surface area (Å²) in [6.07, 6.45) is 1.48. The van der Waals surface area contributed by atoms with E-state index < -0.39 is 15.8 Å². The molecule has 0 atom stereocenters. The number of unbranched alkanes of at least 4 members (excludes halogenated alkanes) is 1. The molecule has 7 nitrogen and oxygen atoms in total. The van der Waals surface area contributed by atoms with E-state index in [1.165, 1.54) is 16.7 Å². The summed E-state index contributed by atoms with van der Waals surface area (Å²) in [5.41, 5.74) is 0.862. The van der Waals surface area contributed by atoms with Gasteiger partial charge in [-0.15, -0.1) is 0 Å². The van der Waals surface area contributed by atoms with Crippen LogP contribution in [0, 0.1) is 0 Å². The normalized spacial score (nSPS) is 12.1. The number of hydrogen-bond donors (Lipinski definition) is 1. The van der Waals surface area contributed by atoms with E-state index in [0.29, 0.717) is 31.6 Å². The van der Waals surface area contributed by atoms with E-state index in [4.69, 9.17) is 9.15 Å². The lowest BCUT2D eigenvalue weighted by Crippen LogP contribution is -2.25. The molecule has 2 rings (SSSR count). The van der Waals surface area contributed by atoms with Gasteiger partial charge in [-0.2, -0.15) is 0 Å². The number of nitrogens with zero attached hydrogens (tertiary/aromatic N) is 1. The average molecular weight is 328 g/mol. The zero-order chi connectivity index (χ0) is 16.2. The van der Waals surface area contributed by atoms with Crippen molar-refractivity contribution in [1.82, 2.24) is 9.29 Å². The lowest BCUT2D eigenvalue weighted by molar-refractivity contribution is 0.193. The second-order valence-electron chi connectivity index (χ2n) is 4.84. The Morgan fingerprint density at radius 3 is 2.77 bits per heavy atom. The quantitative estimate of drug-likeness (QED) is 0.738. The molecule has 0 unspecified atom stereocenters. The third-order valence-corrected chi connectivity index (χ3v) is 4.79. The van der Waals surface area contributed by atoms with Gasteiger partial charge in [0.05, 0.1) is 10.4 Å². The highest BCUT2D eigenvalue weighted by Crippen LogP contribution is 2.18. The smallest absolute Gasteiger partial charge is 0.408 e. The number of nitrogens with one attached hydrogen (secondary N) is 1. The Kier molecular flexibility index (Phi) is 5.38. The first kappa shape index (κ1) is 16.7. The molecule has 0 saturated carbocycles. The van der Waals surface area contributed by atoms with Crippen LogP contribution in [-0.2, 0) is 21.3 Å². The monoisotopic (exact) mass is 328 g/mol. The Morgan fingerprint density at radius 2 is 2.09 bits per heavy atom. The Morgan fingerprint density at radius 1 is 1.32 bits per heavy atom. The zero-order valence-corrected chi connectivity index (χ0v) is 13.5. The summed E-state index contributed by atoms with van der Waals surface area (Å²) in [6.45, 7) is 3.23. The number of sulfonamides is 1. The van der Waals surface area contributed by atoms with Gasteiger partial charge in [-0.25, -0.2) is 17.9 Å². The molecule has 0 radical (unpaired) electrons. The summed E-state index contributed by atoms with van der Waals surface area (Å²) in [5.74, 6) is -0.487. The van der Waals surface area contributed by atoms with E-state index in [1.54, 1.807) is 13.2 Å². The van der Waals surface area contributed by atoms with Crippen LogP contribution in [0.1, 0.15) is 19.8 Å². The van der Waals surface area contributed by atoms with Gasteiger partial charge in [-0.1, -0.05) is 0 Å². The molecule has 0 aliphatic heterocycles. The molecule has 8 heteroatoms. The van der Waals surface area contributed by atoms with Crippen molar-refractivity contribution in [2.45, 2.75) is 31.2 Å². The topological polar surface area (TPSA) is 90.5 Å². The van der Waals surface area contributed by atoms with Crippen molar-refractivity contribution in [2.24, 2.45) is 0 Å². The minimum Gasteiger partial charge on any atom is -0.408 e. The van der Waals surface area contributed by atoms with E-state index in [0.717, 1.165) is 6.42 Å². The second kappa shape index (κ2) is 7.08. The summed E-state index contributed by atoms with van der Waals surface area (Å²) in [5, 5.41) is 0. The largest absolute Gasteiger partial charge is 0.419 e. The third-order valence-electron chi connectivity index (χ3n) is 3.33. The molecule has 0 amide bonds. The van der Waals surface area contributed by atoms with Crippen LogP contribution in [-0.4, -0.2) is 33.2 Å². The van der Waals surface area contributed by atoms with Gasteiger partial charge < -0.3 is 9.15 Å². The zero-order valence-electron chi connectivity index (χ0n) is 12.7. The maximum absolute atomic E-state index is 12.2. The maximum Gasteiger partial charge on any atom is 0.419 e. The molecule has 1 N–H and O–H groups in total. The molecule has 1 aromatic heterocycles. The number of methoxy groups -OCH3 is 1. The van der Waals surface area contributed by atoms with Gasteiger partial charge >= 0.3 is 5.76 Å². The highest BCUT2D eigenvalue weighted by atomic mass is 32.2. The van der Waals surface area contributed by atoms with Gasteiger partial charge in [0.25, 0.3) is 0 Å². The highest BCUT2D eigenvalue weighted by molar-refractivity contribution is 7.89. The Balaban J connectivity index is 2.17. The van der Waals surface area contributed by atoms with Gasteiger partial charge in [-0.05, 0) is 31.9 Å². The molecule has 0 aliphatic carbocycles. The number of benzene rings is 1. The van der Waals surface area contributed by atoms with Crippen LogP contribution in [0.2, 0.25) is 0 Å². The molecule has 22 heavy (non-hydrogen) atoms. The fraction of sp³-hybridized carbons (Fsp3) is 0.500. The first-order valence-electron chi connectivity index (χ1n) is 7.11. The van der Waals surface area contributed by atoms with E-state index in [1.807, 2.05) is 6.92 Å². The van der Waals surface area contributed by atoms with Crippen LogP contribution in [0.4, 0.5) is 0 Å². The van der Waals surface area contributed by atoms with Crippen LogP contribution < -0.4 is 10.5 Å². The molecule has 1 aromatic carbocycles. The number of rotatable bonds is 8. The van der Waals surface area contributed by atoms with Gasteiger partial charge in [0, 0.05) is 32.9 Å². The first-order chi connectivity index (χ1) is 10.5. The summed E-state index contributed by atoms with van der Waals surface area (Å²) in [6, 6.07) is 4.44. The SMILES string of the molecule is CCn1c(=O)oc2cc(S(=O)(=O)NCCCCOC)ccc21. The molecular formula is C14H20N2O5S. The van der Waals surface area contributed by atoms with Crippen LogP contribution in [0.15, 0.2) is 32.3 Å². The summed E-state index contributed by atoms with van der Waals surface area (Å²) in [4.78, 5) is 11.7. The molecule has 0 aliphatic rings. The maximum atomic E-state index is 12.2. The van der Waals surface area contributed by atoms with Crippen LogP contribution in [0.5, 0.6) is 0 Å². The van der Waals surface area contributed by atoms with Crippen molar-refractivity contribution in [3.05, 3.63) is 28.7 Å². The van der Waals surface area contributed by atoms with Crippen molar-refractivity contribution in [3.63, 3.8) is 0 Å². The minimum atomic E-state index is -3.61. The van der Waals surface area contributed by atoms with E-state index in [2.05, 4.69) is 4.72 Å². The van der Waals surface area contributed by atoms with Gasteiger partial charge in [0.2, 0.25) is 10.0 Å². The van der Waals surface area contributed by atoms with Gasteiger partial charge in [-0.3, -0.25) is 4.57 Å². The predicted molar refractivity (Wildman–Crippen MR) is 82.4 cm³/mol. The molecule has 0 spiro atoms. The van der Waals surface area contributed by atoms with Crippen LogP contribution >= 0.6 is 0 Å². The summed E-state index contributed by atoms with van der Waals surface area (Å²) < 4.78 is 38.4. The molecule has 1 heterocycles. The number of ether oxygens (including phenoxy) is 1. The third kappa shape index (κ3) is 3.57. The van der Waals surface area contributed by atoms with Crippen molar-refractivity contribution in [2.75, 3.05) is 20.3 Å². The fourth-order valence-corrected chi connectivity index (χ4v) is 3.26. The van der Waals surface area contributed by atoms with Crippen molar-refractivity contribution in [1.29, 1.82) is 0 Å². The van der Waals surface area contributed by atoms with Gasteiger partial charge in [0.15, 0.2) is 5.58 Å². The Labute approximate surface area is 128 Å². The number of aromatic nitrogens is 1. The van der Waals surface area contributed by atoms with E-state index in [9.17, 15) is 13.2 Å². The lowest BCUT2D eigenvalue weighted by Gasteiger charge is -2.06. The average Bonchev–Trinajstić information content (AvgIpc) is 2.81. The highest BCUT2D eigenvalue weighted by Gasteiger charge is 2.16. The van der Waals surface area contributed by atoms with Crippen molar-refractivity contribution >= 4 is 21.1 Å². The van der Waals surface area contributed by atoms with E-state index >= 15 is 0 Å². The summed E-state index contributed by atoms with van der Waals surface area (Å²) >= 11 is 0. The number of oxazole rings is 1. The first-order valence-corrected chi connectivity index (χ1v) is 8.60. The number of aryl methyl sites for hydroxylation is 1. The minimum absolute atomic E-state index is 0.0868. The Hall–Kier alpha value is -1.64. The predicted octanol–water partition coefficient (Wildman–Crippen LogP) is 1.32. The van der Waals surface area contributed by atoms with Crippen molar-refractivity contribution < 1.29 is 17.6 Å². The standard InChI is InChI=1S/C14H20N2O5S/c1-3-16-12-7-6-11(10-13(12)21-14(16)17)22(18,19)15-8-4-5-9-20-2/h6-7,10,15H,3-5,8-9H2,1-2H3. The summed E-state index contributed by atoms with van der Waals surface area (Å²) in [7, 11) is -2.00. The fourth-order valence-electron chi connectivity index (χ4n) is 2.17. The molecule has 0 bridgehead atoms.